The predicted octanol–water partition coefficient (Wildman–Crippen LogP) is 5.86. The van der Waals surface area contributed by atoms with E-state index in [4.69, 9.17) is 0 Å². The molecule has 0 saturated heterocycles. The normalized spacial score (nSPS) is 11.3. The van der Waals surface area contributed by atoms with Gasteiger partial charge in [-0.05, 0) is 42.5 Å². The number of hydrogen-bond acceptors (Lipinski definition) is 8. The zero-order valence-electron chi connectivity index (χ0n) is 20.7. The van der Waals surface area contributed by atoms with Crippen LogP contribution in [0.25, 0.3) is 21.8 Å². The summed E-state index contributed by atoms with van der Waals surface area (Å²) < 4.78 is 71.7. The highest BCUT2D eigenvalue weighted by atomic mass is 32.2. The van der Waals surface area contributed by atoms with E-state index >= 15 is 4.39 Å². The van der Waals surface area contributed by atoms with Crippen LogP contribution in [-0.4, -0.2) is 34.4 Å². The minimum Gasteiger partial charge on any atom is -0.481 e. The molecule has 0 aliphatic heterocycles. The van der Waals surface area contributed by atoms with E-state index in [2.05, 4.69) is 20.3 Å². The number of benzene rings is 3. The number of thiazole rings is 1. The minimum atomic E-state index is -4.87. The number of carboxylic acids is 1. The maximum Gasteiger partial charge on any atom is 0.310 e. The maximum absolute atomic E-state index is 15.8. The molecular weight excluding hydrogens is 579 g/mol. The molecule has 0 amide bonds. The van der Waals surface area contributed by atoms with Gasteiger partial charge in [0, 0.05) is 17.4 Å². The lowest BCUT2D eigenvalue weighted by molar-refractivity contribution is -0.136. The zero-order chi connectivity index (χ0) is 29.1. The van der Waals surface area contributed by atoms with Gasteiger partial charge in [0.25, 0.3) is 10.0 Å². The van der Waals surface area contributed by atoms with Crippen LogP contribution in [0.3, 0.4) is 0 Å². The first-order valence-corrected chi connectivity index (χ1v) is 14.0. The molecule has 9 nitrogen and oxygen atoms in total. The van der Waals surface area contributed by atoms with Gasteiger partial charge in [-0.15, -0.1) is 11.3 Å². The van der Waals surface area contributed by atoms with Gasteiger partial charge in [-0.2, -0.15) is 0 Å². The van der Waals surface area contributed by atoms with Crippen LogP contribution in [0, 0.1) is 17.5 Å². The minimum absolute atomic E-state index is 0.00812. The molecule has 0 bridgehead atoms. The number of sulfonamides is 1. The van der Waals surface area contributed by atoms with Crippen molar-refractivity contribution in [2.75, 3.05) is 10.0 Å². The summed E-state index contributed by atoms with van der Waals surface area (Å²) in [6, 6.07) is 16.8. The predicted molar refractivity (Wildman–Crippen MR) is 147 cm³/mol. The molecule has 41 heavy (non-hydrogen) atoms. The molecule has 2 aromatic heterocycles. The Morgan fingerprint density at radius 1 is 0.902 bits per heavy atom. The molecule has 0 aliphatic carbocycles. The molecular formula is C27H18F3N5O4S2. The molecule has 208 valence electrons. The van der Waals surface area contributed by atoms with Crippen LogP contribution in [0.5, 0.6) is 0 Å². The number of nitrogens with zero attached hydrogens (tertiary/aromatic N) is 3. The zero-order valence-corrected chi connectivity index (χ0v) is 22.3. The van der Waals surface area contributed by atoms with Crippen LogP contribution in [0.1, 0.15) is 5.01 Å². The first kappa shape index (κ1) is 27.7. The fraction of sp³-hybridized carbons (Fsp3) is 0.0370. The molecule has 0 atom stereocenters. The Labute approximate surface area is 235 Å². The maximum atomic E-state index is 15.8. The Hall–Kier alpha value is -4.82. The van der Waals surface area contributed by atoms with E-state index in [0.717, 1.165) is 35.6 Å². The molecule has 5 rings (SSSR count). The van der Waals surface area contributed by atoms with Gasteiger partial charge in [-0.25, -0.2) is 36.5 Å². The molecule has 0 radical (unpaired) electrons. The Morgan fingerprint density at radius 3 is 2.32 bits per heavy atom. The van der Waals surface area contributed by atoms with Gasteiger partial charge in [0.1, 0.15) is 16.6 Å². The van der Waals surface area contributed by atoms with Crippen molar-refractivity contribution in [3.8, 4) is 21.8 Å². The fourth-order valence-electron chi connectivity index (χ4n) is 3.85. The van der Waals surface area contributed by atoms with Crippen molar-refractivity contribution < 1.29 is 31.5 Å². The van der Waals surface area contributed by atoms with Gasteiger partial charge in [0.2, 0.25) is 5.95 Å². The van der Waals surface area contributed by atoms with Gasteiger partial charge in [0.15, 0.2) is 10.7 Å². The van der Waals surface area contributed by atoms with Gasteiger partial charge in [-0.3, -0.25) is 9.52 Å². The highest BCUT2D eigenvalue weighted by molar-refractivity contribution is 7.92. The number of anilines is 3. The van der Waals surface area contributed by atoms with Crippen LogP contribution in [0.4, 0.5) is 30.5 Å². The van der Waals surface area contributed by atoms with Crippen LogP contribution in [0.15, 0.2) is 83.9 Å². The third-order valence-electron chi connectivity index (χ3n) is 5.58. The number of carboxylic acid groups (broad SMARTS) is 1. The molecule has 3 aromatic carbocycles. The smallest absolute Gasteiger partial charge is 0.310 e. The van der Waals surface area contributed by atoms with Gasteiger partial charge >= 0.3 is 5.97 Å². The summed E-state index contributed by atoms with van der Waals surface area (Å²) in [4.78, 5) is 23.4. The number of aliphatic carboxylic acids is 1. The molecule has 0 fully saturated rings. The quantitative estimate of drug-likeness (QED) is 0.193. The third-order valence-corrected chi connectivity index (χ3v) is 8.07. The number of aromatic nitrogens is 3. The Bertz CT molecular complexity index is 1850. The molecule has 3 N–H and O–H groups in total. The van der Waals surface area contributed by atoms with E-state index in [9.17, 15) is 27.1 Å². The van der Waals surface area contributed by atoms with Crippen molar-refractivity contribution in [3.63, 3.8) is 0 Å². The summed E-state index contributed by atoms with van der Waals surface area (Å²) in [6.07, 6.45) is 0.996. The van der Waals surface area contributed by atoms with Gasteiger partial charge < -0.3 is 10.4 Å². The monoisotopic (exact) mass is 597 g/mol. The molecule has 0 aliphatic rings. The first-order chi connectivity index (χ1) is 19.6. The second kappa shape index (κ2) is 11.3. The highest BCUT2D eigenvalue weighted by Gasteiger charge is 2.27. The second-order valence-electron chi connectivity index (χ2n) is 8.44. The number of hydrogen-bond donors (Lipinski definition) is 3. The largest absolute Gasteiger partial charge is 0.481 e. The van der Waals surface area contributed by atoms with Crippen LogP contribution in [-0.2, 0) is 21.2 Å². The van der Waals surface area contributed by atoms with Crippen LogP contribution in [0.2, 0.25) is 0 Å². The molecule has 5 aromatic rings. The van der Waals surface area contributed by atoms with E-state index in [0.29, 0.717) is 16.3 Å². The van der Waals surface area contributed by atoms with Gasteiger partial charge in [0.05, 0.1) is 28.4 Å². The lowest BCUT2D eigenvalue weighted by atomic mass is 10.1. The number of para-hydroxylation sites is 1. The molecule has 0 saturated carbocycles. The Morgan fingerprint density at radius 2 is 1.61 bits per heavy atom. The molecule has 2 heterocycles. The number of halogens is 3. The lowest BCUT2D eigenvalue weighted by Gasteiger charge is -2.12. The van der Waals surface area contributed by atoms with E-state index in [1.807, 2.05) is 22.9 Å². The van der Waals surface area contributed by atoms with Crippen molar-refractivity contribution in [3.05, 3.63) is 101 Å². The third kappa shape index (κ3) is 6.02. The van der Waals surface area contributed by atoms with E-state index in [1.165, 1.54) is 24.4 Å². The first-order valence-electron chi connectivity index (χ1n) is 11.7. The van der Waals surface area contributed by atoms with Crippen molar-refractivity contribution in [2.24, 2.45) is 0 Å². The Balaban J connectivity index is 1.57. The fourth-order valence-corrected chi connectivity index (χ4v) is 6.09. The highest BCUT2D eigenvalue weighted by Crippen LogP contribution is 2.39. The second-order valence-corrected chi connectivity index (χ2v) is 11.1. The average molecular weight is 598 g/mol. The van der Waals surface area contributed by atoms with Crippen molar-refractivity contribution in [1.29, 1.82) is 0 Å². The Kier molecular flexibility index (Phi) is 7.68. The topological polar surface area (TPSA) is 134 Å². The summed E-state index contributed by atoms with van der Waals surface area (Å²) in [5, 5.41) is 12.5. The summed E-state index contributed by atoms with van der Waals surface area (Å²) >= 11 is 0.965. The summed E-state index contributed by atoms with van der Waals surface area (Å²) in [5.74, 6) is -4.75. The summed E-state index contributed by atoms with van der Waals surface area (Å²) in [5.41, 5.74) is 0.196. The number of rotatable bonds is 9. The summed E-state index contributed by atoms with van der Waals surface area (Å²) in [7, 11) is -4.87. The average Bonchev–Trinajstić information content (AvgIpc) is 3.33. The van der Waals surface area contributed by atoms with Crippen molar-refractivity contribution in [1.82, 2.24) is 15.0 Å². The van der Waals surface area contributed by atoms with Gasteiger partial charge in [-0.1, -0.05) is 30.3 Å². The standard InChI is InChI=1S/C27H18F3N5O4S2/c28-17-9-5-10-18(29)26(17)41(38,39)35-19-11-4-8-16(23(19)30)24-25(40-21(34-24)14-22(36)37)20-12-13-31-27(33-20)32-15-6-2-1-3-7-15/h1-13,35H,14H2,(H,36,37)(H,31,32,33). The number of carbonyl (C=O) groups is 1. The van der Waals surface area contributed by atoms with Crippen LogP contribution >= 0.6 is 11.3 Å². The molecule has 0 spiro atoms. The van der Waals surface area contributed by atoms with E-state index < -0.39 is 50.4 Å². The van der Waals surface area contributed by atoms with Crippen molar-refractivity contribution in [2.45, 2.75) is 11.3 Å². The summed E-state index contributed by atoms with van der Waals surface area (Å²) in [6.45, 7) is 0. The lowest BCUT2D eigenvalue weighted by Crippen LogP contribution is -2.17. The molecule has 14 heteroatoms. The van der Waals surface area contributed by atoms with Crippen molar-refractivity contribution >= 4 is 44.7 Å². The van der Waals surface area contributed by atoms with E-state index in [-0.39, 0.29) is 22.2 Å². The molecule has 0 unspecified atom stereocenters. The number of nitrogens with one attached hydrogen (secondary N) is 2. The van der Waals surface area contributed by atoms with E-state index in [1.54, 1.807) is 12.1 Å². The van der Waals surface area contributed by atoms with Crippen LogP contribution < -0.4 is 10.0 Å². The SMILES string of the molecule is O=C(O)Cc1nc(-c2cccc(NS(=O)(=O)c3c(F)cccc3F)c2F)c(-c2ccnc(Nc3ccccc3)n2)s1.